The maximum Gasteiger partial charge on any atom is 0.223 e. The molecule has 0 rings (SSSR count). The van der Waals surface area contributed by atoms with Crippen molar-refractivity contribution >= 4 is 23.5 Å². The van der Waals surface area contributed by atoms with E-state index in [1.54, 1.807) is 0 Å². The number of oxime groups is 2. The zero-order valence-electron chi connectivity index (χ0n) is 15.6. The van der Waals surface area contributed by atoms with E-state index in [2.05, 4.69) is 10.3 Å². The van der Waals surface area contributed by atoms with Crippen LogP contribution in [0.4, 0.5) is 0 Å². The summed E-state index contributed by atoms with van der Waals surface area (Å²) in [5, 5.41) is 40.3. The highest BCUT2D eigenvalue weighted by Gasteiger charge is 2.19. The van der Waals surface area contributed by atoms with Gasteiger partial charge in [0, 0.05) is 51.9 Å². The SMILES string of the molecule is N#CCCN(CCC#N)C(=O)CCC(=O)N(CCC(N)=NO)CCC(N)=NO. The van der Waals surface area contributed by atoms with Gasteiger partial charge in [-0.1, -0.05) is 10.3 Å². The molecule has 0 aromatic heterocycles. The molecule has 0 aromatic rings. The fraction of sp³-hybridized carbons (Fsp3) is 0.625. The minimum atomic E-state index is -0.356. The minimum Gasteiger partial charge on any atom is -0.409 e. The Morgan fingerprint density at radius 1 is 0.750 bits per heavy atom. The van der Waals surface area contributed by atoms with Crippen LogP contribution in [0.2, 0.25) is 0 Å². The quantitative estimate of drug-likeness (QED) is 0.138. The van der Waals surface area contributed by atoms with Gasteiger partial charge >= 0.3 is 0 Å². The lowest BCUT2D eigenvalue weighted by Crippen LogP contribution is -2.38. The predicted octanol–water partition coefficient (Wildman–Crippen LogP) is -0.476. The largest absolute Gasteiger partial charge is 0.409 e. The van der Waals surface area contributed by atoms with Gasteiger partial charge < -0.3 is 31.7 Å². The molecule has 0 unspecified atom stereocenters. The third-order valence-corrected chi connectivity index (χ3v) is 3.78. The van der Waals surface area contributed by atoms with Crippen LogP contribution in [0.3, 0.4) is 0 Å². The Morgan fingerprint density at radius 2 is 1.11 bits per heavy atom. The molecule has 0 aromatic carbocycles. The van der Waals surface area contributed by atoms with E-state index in [9.17, 15) is 9.59 Å². The molecule has 0 spiro atoms. The molecular formula is C16H26N8O4. The molecule has 0 atom stereocenters. The van der Waals surface area contributed by atoms with Crippen molar-refractivity contribution in [3.63, 3.8) is 0 Å². The lowest BCUT2D eigenvalue weighted by molar-refractivity contribution is -0.137. The summed E-state index contributed by atoms with van der Waals surface area (Å²) in [4.78, 5) is 27.5. The first-order chi connectivity index (χ1) is 13.4. The summed E-state index contributed by atoms with van der Waals surface area (Å²) in [6.07, 6.45) is 0.319. The highest BCUT2D eigenvalue weighted by atomic mass is 16.4. The molecule has 154 valence electrons. The fourth-order valence-corrected chi connectivity index (χ4v) is 2.22. The molecule has 6 N–H and O–H groups in total. The van der Waals surface area contributed by atoms with Gasteiger partial charge in [-0.2, -0.15) is 10.5 Å². The molecule has 0 bridgehead atoms. The van der Waals surface area contributed by atoms with E-state index in [1.807, 2.05) is 12.1 Å². The van der Waals surface area contributed by atoms with Crippen LogP contribution in [0.15, 0.2) is 10.3 Å². The minimum absolute atomic E-state index is 0.0585. The standard InChI is InChI=1S/C16H26N8O4/c17-7-1-9-23(10-2-8-18)15(25)3-4-16(26)24(11-5-13(19)21-27)12-6-14(20)22-28/h27-28H,1-6,9-12H2,(H2,19,21)(H2,20,22). The maximum absolute atomic E-state index is 12.5. The van der Waals surface area contributed by atoms with E-state index in [4.69, 9.17) is 32.4 Å². The number of carbonyl (C=O) groups is 2. The molecule has 0 aliphatic rings. The summed E-state index contributed by atoms with van der Waals surface area (Å²) in [6, 6.07) is 3.88. The Kier molecular flexibility index (Phi) is 12.8. The van der Waals surface area contributed by atoms with Crippen LogP contribution in [0.1, 0.15) is 38.5 Å². The van der Waals surface area contributed by atoms with Gasteiger partial charge in [-0.15, -0.1) is 0 Å². The topological polar surface area (TPSA) is 205 Å². The van der Waals surface area contributed by atoms with Gasteiger partial charge in [0.15, 0.2) is 0 Å². The Labute approximate surface area is 163 Å². The van der Waals surface area contributed by atoms with Crippen molar-refractivity contribution in [3.05, 3.63) is 0 Å². The van der Waals surface area contributed by atoms with Gasteiger partial charge in [0.1, 0.15) is 11.7 Å². The van der Waals surface area contributed by atoms with E-state index in [-0.39, 0.29) is 88.2 Å². The van der Waals surface area contributed by atoms with Crippen molar-refractivity contribution in [3.8, 4) is 12.1 Å². The number of nitrogens with two attached hydrogens (primary N) is 2. The van der Waals surface area contributed by atoms with Crippen molar-refractivity contribution in [2.75, 3.05) is 26.2 Å². The van der Waals surface area contributed by atoms with Gasteiger partial charge in [0.25, 0.3) is 0 Å². The molecule has 12 heteroatoms. The van der Waals surface area contributed by atoms with Crippen LogP contribution in [-0.4, -0.2) is 69.9 Å². The summed E-state index contributed by atoms with van der Waals surface area (Å²) in [5.74, 6) is -0.800. The number of hydrogen-bond donors (Lipinski definition) is 4. The molecule has 0 aliphatic carbocycles. The van der Waals surface area contributed by atoms with Gasteiger partial charge in [0.05, 0.1) is 25.0 Å². The number of amides is 2. The average molecular weight is 394 g/mol. The van der Waals surface area contributed by atoms with Crippen molar-refractivity contribution < 1.29 is 20.0 Å². The Morgan fingerprint density at radius 3 is 1.43 bits per heavy atom. The number of rotatable bonds is 13. The van der Waals surface area contributed by atoms with Crippen molar-refractivity contribution in [2.45, 2.75) is 38.5 Å². The summed E-state index contributed by atoms with van der Waals surface area (Å²) in [6.45, 7) is 0.659. The molecule has 0 radical (unpaired) electrons. The van der Waals surface area contributed by atoms with E-state index in [0.717, 1.165) is 0 Å². The second-order valence-corrected chi connectivity index (χ2v) is 5.76. The van der Waals surface area contributed by atoms with Crippen molar-refractivity contribution in [2.24, 2.45) is 21.8 Å². The third kappa shape index (κ3) is 10.5. The van der Waals surface area contributed by atoms with Crippen molar-refractivity contribution in [1.82, 2.24) is 9.80 Å². The lowest BCUT2D eigenvalue weighted by atomic mass is 10.2. The second kappa shape index (κ2) is 14.6. The summed E-state index contributed by atoms with van der Waals surface area (Å²) < 4.78 is 0. The van der Waals surface area contributed by atoms with Crippen LogP contribution in [0.5, 0.6) is 0 Å². The first-order valence-electron chi connectivity index (χ1n) is 8.61. The molecule has 2 amide bonds. The van der Waals surface area contributed by atoms with E-state index >= 15 is 0 Å². The second-order valence-electron chi connectivity index (χ2n) is 5.76. The molecule has 12 nitrogen and oxygen atoms in total. The van der Waals surface area contributed by atoms with Crippen LogP contribution >= 0.6 is 0 Å². The van der Waals surface area contributed by atoms with Crippen LogP contribution in [0, 0.1) is 22.7 Å². The zero-order chi connectivity index (χ0) is 21.4. The number of amidine groups is 2. The van der Waals surface area contributed by atoms with E-state index in [0.29, 0.717) is 0 Å². The fourth-order valence-electron chi connectivity index (χ4n) is 2.22. The molecule has 0 aliphatic heterocycles. The number of hydrogen-bond acceptors (Lipinski definition) is 8. The molecule has 0 saturated heterocycles. The molecule has 0 heterocycles. The molecule has 0 fully saturated rings. The Hall–Kier alpha value is -3.54. The molecular weight excluding hydrogens is 368 g/mol. The zero-order valence-corrected chi connectivity index (χ0v) is 15.6. The average Bonchev–Trinajstić information content (AvgIpc) is 2.71. The van der Waals surface area contributed by atoms with Gasteiger partial charge in [-0.05, 0) is 0 Å². The summed E-state index contributed by atoms with van der Waals surface area (Å²) in [7, 11) is 0. The monoisotopic (exact) mass is 394 g/mol. The van der Waals surface area contributed by atoms with Crippen molar-refractivity contribution in [1.29, 1.82) is 10.5 Å². The van der Waals surface area contributed by atoms with Gasteiger partial charge in [-0.25, -0.2) is 0 Å². The van der Waals surface area contributed by atoms with E-state index in [1.165, 1.54) is 9.80 Å². The van der Waals surface area contributed by atoms with Gasteiger partial charge in [0.2, 0.25) is 11.8 Å². The first-order valence-corrected chi connectivity index (χ1v) is 8.61. The number of nitrogens with zero attached hydrogens (tertiary/aromatic N) is 6. The molecule has 28 heavy (non-hydrogen) atoms. The molecule has 0 saturated carbocycles. The maximum atomic E-state index is 12.5. The summed E-state index contributed by atoms with van der Waals surface area (Å²) in [5.41, 5.74) is 10.8. The first kappa shape index (κ1) is 24.5. The smallest absolute Gasteiger partial charge is 0.223 e. The van der Waals surface area contributed by atoms with Crippen LogP contribution in [-0.2, 0) is 9.59 Å². The van der Waals surface area contributed by atoms with Gasteiger partial charge in [-0.3, -0.25) is 9.59 Å². The Bertz CT molecular complexity index is 610. The highest BCUT2D eigenvalue weighted by Crippen LogP contribution is 2.06. The Balaban J connectivity index is 4.84. The van der Waals surface area contributed by atoms with E-state index < -0.39 is 0 Å². The van der Waals surface area contributed by atoms with Crippen LogP contribution in [0.25, 0.3) is 0 Å². The highest BCUT2D eigenvalue weighted by molar-refractivity contribution is 5.85. The predicted molar refractivity (Wildman–Crippen MR) is 98.9 cm³/mol. The normalized spacial score (nSPS) is 11.4. The van der Waals surface area contributed by atoms with Crippen LogP contribution < -0.4 is 11.5 Å². The number of nitriles is 2. The number of carbonyl (C=O) groups excluding carboxylic acids is 2. The lowest BCUT2D eigenvalue weighted by Gasteiger charge is -2.24. The third-order valence-electron chi connectivity index (χ3n) is 3.78. The summed E-state index contributed by atoms with van der Waals surface area (Å²) >= 11 is 0.